The van der Waals surface area contributed by atoms with Crippen LogP contribution in [0.25, 0.3) is 0 Å². The summed E-state index contributed by atoms with van der Waals surface area (Å²) in [5.41, 5.74) is 0.895. The Balaban J connectivity index is 1.85. The summed E-state index contributed by atoms with van der Waals surface area (Å²) in [5.74, 6) is -1.52. The van der Waals surface area contributed by atoms with Gasteiger partial charge < -0.3 is 20.3 Å². The van der Waals surface area contributed by atoms with E-state index in [1.165, 1.54) is 0 Å². The van der Waals surface area contributed by atoms with Gasteiger partial charge in [0.1, 0.15) is 0 Å². The molecule has 1 heterocycles. The molecule has 0 bridgehead atoms. The molecule has 0 aliphatic carbocycles. The fourth-order valence-electron chi connectivity index (χ4n) is 2.43. The maximum absolute atomic E-state index is 12.1. The Kier molecular flexibility index (Phi) is 6.50. The molecule has 0 atom stereocenters. The fourth-order valence-corrected chi connectivity index (χ4v) is 2.43. The number of amides is 3. The largest absolute Gasteiger partial charge is 0.452 e. The van der Waals surface area contributed by atoms with E-state index in [4.69, 9.17) is 4.74 Å². The number of hydrogen-bond donors (Lipinski definition) is 2. The van der Waals surface area contributed by atoms with Crippen molar-refractivity contribution in [2.45, 2.75) is 19.8 Å². The zero-order chi connectivity index (χ0) is 18.2. The standard InChI is InChI=1S/C17H21N3O5/c1-2-18-14(21)10-19-15(22)11-25-17(24)12-5-3-6-13(9-12)20-8-4-7-16(20)23/h3,5-6,9H,2,4,7-8,10-11H2,1H3,(H,18,21)(H,19,22). The predicted molar refractivity (Wildman–Crippen MR) is 90.0 cm³/mol. The van der Waals surface area contributed by atoms with Crippen LogP contribution >= 0.6 is 0 Å². The maximum atomic E-state index is 12.1. The Morgan fingerprint density at radius 3 is 2.68 bits per heavy atom. The predicted octanol–water partition coefficient (Wildman–Crippen LogP) is 0.223. The van der Waals surface area contributed by atoms with Crippen LogP contribution in [-0.4, -0.2) is 49.9 Å². The molecular weight excluding hydrogens is 326 g/mol. The average molecular weight is 347 g/mol. The molecule has 1 aromatic rings. The Bertz CT molecular complexity index is 674. The number of nitrogens with one attached hydrogen (secondary N) is 2. The van der Waals surface area contributed by atoms with E-state index >= 15 is 0 Å². The number of ether oxygens (including phenoxy) is 1. The quantitative estimate of drug-likeness (QED) is 0.687. The first-order valence-electron chi connectivity index (χ1n) is 8.12. The van der Waals surface area contributed by atoms with Gasteiger partial charge in [-0.2, -0.15) is 0 Å². The number of carbonyl (C=O) groups is 4. The van der Waals surface area contributed by atoms with E-state index in [2.05, 4.69) is 10.6 Å². The van der Waals surface area contributed by atoms with Crippen molar-refractivity contribution in [3.8, 4) is 0 Å². The second-order valence-electron chi connectivity index (χ2n) is 5.51. The molecule has 8 heteroatoms. The zero-order valence-electron chi connectivity index (χ0n) is 14.0. The van der Waals surface area contributed by atoms with Gasteiger partial charge in [-0.15, -0.1) is 0 Å². The van der Waals surface area contributed by atoms with Gasteiger partial charge in [-0.3, -0.25) is 14.4 Å². The molecule has 1 aliphatic rings. The van der Waals surface area contributed by atoms with Gasteiger partial charge in [0.05, 0.1) is 12.1 Å². The lowest BCUT2D eigenvalue weighted by Gasteiger charge is -2.16. The number of esters is 1. The first kappa shape index (κ1) is 18.4. The second-order valence-corrected chi connectivity index (χ2v) is 5.51. The smallest absolute Gasteiger partial charge is 0.338 e. The van der Waals surface area contributed by atoms with E-state index in [1.807, 2.05) is 0 Å². The van der Waals surface area contributed by atoms with Gasteiger partial charge in [-0.25, -0.2) is 4.79 Å². The molecule has 1 fully saturated rings. The van der Waals surface area contributed by atoms with Gasteiger partial charge in [0, 0.05) is 25.2 Å². The molecule has 0 spiro atoms. The average Bonchev–Trinajstić information content (AvgIpc) is 3.04. The van der Waals surface area contributed by atoms with Crippen molar-refractivity contribution in [1.82, 2.24) is 10.6 Å². The van der Waals surface area contributed by atoms with Crippen molar-refractivity contribution < 1.29 is 23.9 Å². The molecule has 2 N–H and O–H groups in total. The third-order valence-corrected chi connectivity index (χ3v) is 3.62. The Labute approximate surface area is 145 Å². The van der Waals surface area contributed by atoms with Crippen LogP contribution in [0, 0.1) is 0 Å². The number of anilines is 1. The number of likely N-dealkylation sites (N-methyl/N-ethyl adjacent to an activating group) is 1. The molecule has 8 nitrogen and oxygen atoms in total. The van der Waals surface area contributed by atoms with E-state index in [0.29, 0.717) is 25.2 Å². The third-order valence-electron chi connectivity index (χ3n) is 3.62. The fraction of sp³-hybridized carbons (Fsp3) is 0.412. The lowest BCUT2D eigenvalue weighted by Crippen LogP contribution is -2.38. The molecule has 1 aliphatic heterocycles. The van der Waals surface area contributed by atoms with E-state index < -0.39 is 18.5 Å². The van der Waals surface area contributed by atoms with Crippen LogP contribution in [0.15, 0.2) is 24.3 Å². The molecule has 134 valence electrons. The molecule has 3 amide bonds. The van der Waals surface area contributed by atoms with Crippen LogP contribution in [0.5, 0.6) is 0 Å². The van der Waals surface area contributed by atoms with Crippen molar-refractivity contribution in [2.75, 3.05) is 31.1 Å². The summed E-state index contributed by atoms with van der Waals surface area (Å²) in [5, 5.41) is 4.89. The zero-order valence-corrected chi connectivity index (χ0v) is 14.0. The minimum absolute atomic E-state index is 0.0234. The molecule has 0 unspecified atom stereocenters. The molecule has 2 rings (SSSR count). The normalized spacial score (nSPS) is 13.5. The summed E-state index contributed by atoms with van der Waals surface area (Å²) in [4.78, 5) is 48.3. The van der Waals surface area contributed by atoms with E-state index in [1.54, 1.807) is 36.1 Å². The molecule has 0 radical (unpaired) electrons. The van der Waals surface area contributed by atoms with Gasteiger partial charge in [0.2, 0.25) is 11.8 Å². The van der Waals surface area contributed by atoms with Crippen molar-refractivity contribution in [2.24, 2.45) is 0 Å². The third kappa shape index (κ3) is 5.30. The molecule has 25 heavy (non-hydrogen) atoms. The van der Waals surface area contributed by atoms with E-state index in [9.17, 15) is 19.2 Å². The number of benzene rings is 1. The highest BCUT2D eigenvalue weighted by atomic mass is 16.5. The van der Waals surface area contributed by atoms with Crippen LogP contribution in [0.2, 0.25) is 0 Å². The highest BCUT2D eigenvalue weighted by Gasteiger charge is 2.22. The molecule has 0 aromatic heterocycles. The highest BCUT2D eigenvalue weighted by Crippen LogP contribution is 2.22. The van der Waals surface area contributed by atoms with Crippen molar-refractivity contribution in [3.63, 3.8) is 0 Å². The van der Waals surface area contributed by atoms with Gasteiger partial charge in [0.15, 0.2) is 6.61 Å². The van der Waals surface area contributed by atoms with Crippen LogP contribution in [-0.2, 0) is 19.1 Å². The Morgan fingerprint density at radius 2 is 2.00 bits per heavy atom. The monoisotopic (exact) mass is 347 g/mol. The summed E-state index contributed by atoms with van der Waals surface area (Å²) in [6, 6.07) is 6.53. The summed E-state index contributed by atoms with van der Waals surface area (Å²) in [6.45, 7) is 2.21. The topological polar surface area (TPSA) is 105 Å². The Morgan fingerprint density at radius 1 is 1.20 bits per heavy atom. The van der Waals surface area contributed by atoms with Gasteiger partial charge in [-0.05, 0) is 31.5 Å². The highest BCUT2D eigenvalue weighted by molar-refractivity contribution is 5.98. The lowest BCUT2D eigenvalue weighted by molar-refractivity contribution is -0.127. The summed E-state index contributed by atoms with van der Waals surface area (Å²) >= 11 is 0. The SMILES string of the molecule is CCNC(=O)CNC(=O)COC(=O)c1cccc(N2CCCC2=O)c1. The first-order chi connectivity index (χ1) is 12.0. The van der Waals surface area contributed by atoms with Crippen LogP contribution in [0.4, 0.5) is 5.69 Å². The Hall–Kier alpha value is -2.90. The van der Waals surface area contributed by atoms with Crippen LogP contribution < -0.4 is 15.5 Å². The van der Waals surface area contributed by atoms with Gasteiger partial charge >= 0.3 is 5.97 Å². The molecule has 1 aromatic carbocycles. The molecule has 1 saturated heterocycles. The van der Waals surface area contributed by atoms with E-state index in [-0.39, 0.29) is 23.9 Å². The van der Waals surface area contributed by atoms with Crippen molar-refractivity contribution in [3.05, 3.63) is 29.8 Å². The first-order valence-corrected chi connectivity index (χ1v) is 8.12. The summed E-state index contributed by atoms with van der Waals surface area (Å²) < 4.78 is 4.94. The molecular formula is C17H21N3O5. The van der Waals surface area contributed by atoms with Crippen molar-refractivity contribution >= 4 is 29.4 Å². The minimum atomic E-state index is -0.665. The molecule has 0 saturated carbocycles. The number of carbonyl (C=O) groups excluding carboxylic acids is 4. The van der Waals surface area contributed by atoms with Crippen LogP contribution in [0.3, 0.4) is 0 Å². The minimum Gasteiger partial charge on any atom is -0.452 e. The van der Waals surface area contributed by atoms with Crippen LogP contribution in [0.1, 0.15) is 30.1 Å². The summed E-state index contributed by atoms with van der Waals surface area (Å²) in [6.07, 6.45) is 1.29. The second kappa shape index (κ2) is 8.81. The lowest BCUT2D eigenvalue weighted by atomic mass is 10.2. The number of hydrogen-bond acceptors (Lipinski definition) is 5. The van der Waals surface area contributed by atoms with Gasteiger partial charge in [-0.1, -0.05) is 6.07 Å². The van der Waals surface area contributed by atoms with E-state index in [0.717, 1.165) is 6.42 Å². The summed E-state index contributed by atoms with van der Waals surface area (Å²) in [7, 11) is 0. The maximum Gasteiger partial charge on any atom is 0.338 e. The number of rotatable bonds is 7. The van der Waals surface area contributed by atoms with Crippen molar-refractivity contribution in [1.29, 1.82) is 0 Å². The van der Waals surface area contributed by atoms with Gasteiger partial charge in [0.25, 0.3) is 5.91 Å². The number of nitrogens with zero attached hydrogens (tertiary/aromatic N) is 1.